The van der Waals surface area contributed by atoms with Crippen LogP contribution in [0.4, 0.5) is 0 Å². The van der Waals surface area contributed by atoms with Crippen LogP contribution in [-0.4, -0.2) is 42.9 Å². The molecular weight excluding hydrogens is 358 g/mol. The van der Waals surface area contributed by atoms with Gasteiger partial charge in [0, 0.05) is 30.0 Å². The molecule has 2 aromatic rings. The summed E-state index contributed by atoms with van der Waals surface area (Å²) in [6.07, 6.45) is 2.73. The first-order valence-electron chi connectivity index (χ1n) is 9.53. The van der Waals surface area contributed by atoms with Crippen LogP contribution in [0, 0.1) is 6.92 Å². The largest absolute Gasteiger partial charge is 0.354 e. The van der Waals surface area contributed by atoms with Crippen molar-refractivity contribution >= 4 is 23.2 Å². The maximum absolute atomic E-state index is 12.2. The summed E-state index contributed by atoms with van der Waals surface area (Å²) >= 11 is 1.74. The molecule has 1 aliphatic rings. The molecule has 3 rings (SSSR count). The fraction of sp³-hybridized carbons (Fsp3) is 0.429. The van der Waals surface area contributed by atoms with Crippen LogP contribution < -0.4 is 10.6 Å². The van der Waals surface area contributed by atoms with Crippen molar-refractivity contribution in [3.63, 3.8) is 0 Å². The molecule has 2 amide bonds. The number of nitrogens with zero attached hydrogens (tertiary/aromatic N) is 1. The first kappa shape index (κ1) is 19.6. The van der Waals surface area contributed by atoms with Crippen LogP contribution in [0.1, 0.15) is 46.1 Å². The zero-order valence-corrected chi connectivity index (χ0v) is 16.6. The number of benzene rings is 1. The summed E-state index contributed by atoms with van der Waals surface area (Å²) in [5.74, 6) is -0.157. The molecule has 144 valence electrons. The number of likely N-dealkylation sites (tertiary alicyclic amines) is 1. The Hall–Kier alpha value is -2.18. The van der Waals surface area contributed by atoms with Crippen LogP contribution >= 0.6 is 11.3 Å². The summed E-state index contributed by atoms with van der Waals surface area (Å²) in [6, 6.07) is 11.9. The normalized spacial score (nSPS) is 15.4. The Morgan fingerprint density at radius 3 is 2.59 bits per heavy atom. The van der Waals surface area contributed by atoms with Gasteiger partial charge in [-0.15, -0.1) is 11.3 Å². The van der Waals surface area contributed by atoms with Crippen molar-refractivity contribution in [2.75, 3.05) is 26.2 Å². The molecule has 27 heavy (non-hydrogen) atoms. The van der Waals surface area contributed by atoms with Gasteiger partial charge in [0.15, 0.2) is 0 Å². The smallest absolute Gasteiger partial charge is 0.251 e. The standard InChI is InChI=1S/C21H27N3O2S/c1-16-7-2-3-8-17(16)21(26)22-11-10-20(25)23-15-18(19-9-6-14-27-19)24-12-4-5-13-24/h2-3,6-9,14,18H,4-5,10-13,15H2,1H3,(H,22,26)(H,23,25). The van der Waals surface area contributed by atoms with Gasteiger partial charge >= 0.3 is 0 Å². The van der Waals surface area contributed by atoms with E-state index in [1.54, 1.807) is 17.4 Å². The minimum absolute atomic E-state index is 0.0270. The van der Waals surface area contributed by atoms with E-state index in [1.807, 2.05) is 25.1 Å². The summed E-state index contributed by atoms with van der Waals surface area (Å²) in [5, 5.41) is 7.97. The summed E-state index contributed by atoms with van der Waals surface area (Å²) < 4.78 is 0. The quantitative estimate of drug-likeness (QED) is 0.734. The molecule has 2 N–H and O–H groups in total. The molecule has 6 heteroatoms. The van der Waals surface area contributed by atoms with Crippen molar-refractivity contribution in [2.45, 2.75) is 32.2 Å². The van der Waals surface area contributed by atoms with Crippen LogP contribution in [-0.2, 0) is 4.79 Å². The van der Waals surface area contributed by atoms with E-state index >= 15 is 0 Å². The lowest BCUT2D eigenvalue weighted by atomic mass is 10.1. The van der Waals surface area contributed by atoms with E-state index in [4.69, 9.17) is 0 Å². The van der Waals surface area contributed by atoms with Crippen molar-refractivity contribution in [2.24, 2.45) is 0 Å². The van der Waals surface area contributed by atoms with E-state index in [0.29, 0.717) is 18.7 Å². The van der Waals surface area contributed by atoms with E-state index in [9.17, 15) is 9.59 Å². The minimum Gasteiger partial charge on any atom is -0.354 e. The van der Waals surface area contributed by atoms with E-state index in [0.717, 1.165) is 18.7 Å². The molecule has 0 radical (unpaired) electrons. The molecule has 0 spiro atoms. The lowest BCUT2D eigenvalue weighted by Gasteiger charge is -2.26. The molecule has 0 aliphatic carbocycles. The number of carbonyl (C=O) groups excluding carboxylic acids is 2. The predicted octanol–water partition coefficient (Wildman–Crippen LogP) is 3.13. The van der Waals surface area contributed by atoms with Crippen LogP contribution in [0.15, 0.2) is 41.8 Å². The van der Waals surface area contributed by atoms with Gasteiger partial charge in [0.05, 0.1) is 6.04 Å². The molecule has 1 aromatic carbocycles. The van der Waals surface area contributed by atoms with Gasteiger partial charge in [0.1, 0.15) is 0 Å². The molecule has 5 nitrogen and oxygen atoms in total. The molecular formula is C21H27N3O2S. The molecule has 0 saturated carbocycles. The highest BCUT2D eigenvalue weighted by Gasteiger charge is 2.24. The van der Waals surface area contributed by atoms with Crippen molar-refractivity contribution in [3.8, 4) is 0 Å². The van der Waals surface area contributed by atoms with Gasteiger partial charge in [0.25, 0.3) is 5.91 Å². The molecule has 1 aromatic heterocycles. The zero-order valence-electron chi connectivity index (χ0n) is 15.7. The van der Waals surface area contributed by atoms with Crippen LogP contribution in [0.5, 0.6) is 0 Å². The molecule has 2 heterocycles. The number of amides is 2. The number of aryl methyl sites for hydroxylation is 1. The maximum Gasteiger partial charge on any atom is 0.251 e. The molecule has 1 fully saturated rings. The van der Waals surface area contributed by atoms with E-state index in [1.165, 1.54) is 17.7 Å². The zero-order chi connectivity index (χ0) is 19.1. The third-order valence-electron chi connectivity index (χ3n) is 4.97. The SMILES string of the molecule is Cc1ccccc1C(=O)NCCC(=O)NCC(c1cccs1)N1CCCC1. The highest BCUT2D eigenvalue weighted by Crippen LogP contribution is 2.27. The minimum atomic E-state index is -0.130. The van der Waals surface area contributed by atoms with Gasteiger partial charge in [-0.25, -0.2) is 0 Å². The second-order valence-electron chi connectivity index (χ2n) is 6.90. The Bertz CT molecular complexity index is 755. The topological polar surface area (TPSA) is 61.4 Å². The fourth-order valence-corrected chi connectivity index (χ4v) is 4.32. The molecule has 1 aliphatic heterocycles. The summed E-state index contributed by atoms with van der Waals surface area (Å²) in [6.45, 7) is 5.04. The van der Waals surface area contributed by atoms with Crippen molar-refractivity contribution in [3.05, 3.63) is 57.8 Å². The molecule has 0 bridgehead atoms. The number of hydrogen-bond donors (Lipinski definition) is 2. The average molecular weight is 386 g/mol. The van der Waals surface area contributed by atoms with E-state index in [2.05, 4.69) is 33.0 Å². The average Bonchev–Trinajstić information content (AvgIpc) is 3.37. The van der Waals surface area contributed by atoms with Gasteiger partial charge in [-0.05, 0) is 55.9 Å². The second kappa shape index (κ2) is 9.67. The van der Waals surface area contributed by atoms with Crippen LogP contribution in [0.3, 0.4) is 0 Å². The van der Waals surface area contributed by atoms with Crippen molar-refractivity contribution in [1.29, 1.82) is 0 Å². The first-order chi connectivity index (χ1) is 13.1. The third-order valence-corrected chi connectivity index (χ3v) is 5.95. The lowest BCUT2D eigenvalue weighted by Crippen LogP contribution is -2.37. The Morgan fingerprint density at radius 2 is 1.89 bits per heavy atom. The molecule has 1 unspecified atom stereocenters. The van der Waals surface area contributed by atoms with E-state index < -0.39 is 0 Å². The second-order valence-corrected chi connectivity index (χ2v) is 7.88. The number of thiophene rings is 1. The van der Waals surface area contributed by atoms with E-state index in [-0.39, 0.29) is 24.3 Å². The third kappa shape index (κ3) is 5.40. The Labute approximate surface area is 164 Å². The maximum atomic E-state index is 12.2. The number of rotatable bonds is 8. The van der Waals surface area contributed by atoms with Gasteiger partial charge in [-0.3, -0.25) is 14.5 Å². The molecule has 1 atom stereocenters. The number of nitrogens with one attached hydrogen (secondary N) is 2. The molecule has 1 saturated heterocycles. The van der Waals surface area contributed by atoms with Crippen LogP contribution in [0.25, 0.3) is 0 Å². The highest BCUT2D eigenvalue weighted by atomic mass is 32.1. The number of hydrogen-bond acceptors (Lipinski definition) is 4. The summed E-state index contributed by atoms with van der Waals surface area (Å²) in [7, 11) is 0. The first-order valence-corrected chi connectivity index (χ1v) is 10.4. The highest BCUT2D eigenvalue weighted by molar-refractivity contribution is 7.10. The Morgan fingerprint density at radius 1 is 1.11 bits per heavy atom. The Balaban J connectivity index is 1.44. The monoisotopic (exact) mass is 385 g/mol. The van der Waals surface area contributed by atoms with Crippen molar-refractivity contribution < 1.29 is 9.59 Å². The summed E-state index contributed by atoms with van der Waals surface area (Å²) in [4.78, 5) is 28.2. The van der Waals surface area contributed by atoms with Crippen molar-refractivity contribution in [1.82, 2.24) is 15.5 Å². The lowest BCUT2D eigenvalue weighted by molar-refractivity contribution is -0.121. The summed E-state index contributed by atoms with van der Waals surface area (Å²) in [5.41, 5.74) is 1.59. The van der Waals surface area contributed by atoms with Gasteiger partial charge in [0.2, 0.25) is 5.91 Å². The van der Waals surface area contributed by atoms with Gasteiger partial charge < -0.3 is 10.6 Å². The Kier molecular flexibility index (Phi) is 7.01. The number of carbonyl (C=O) groups is 2. The fourth-order valence-electron chi connectivity index (χ4n) is 3.46. The van der Waals surface area contributed by atoms with Gasteiger partial charge in [-0.2, -0.15) is 0 Å². The predicted molar refractivity (Wildman–Crippen MR) is 109 cm³/mol. The van der Waals surface area contributed by atoms with Gasteiger partial charge in [-0.1, -0.05) is 24.3 Å². The van der Waals surface area contributed by atoms with Crippen LogP contribution in [0.2, 0.25) is 0 Å².